The lowest BCUT2D eigenvalue weighted by Gasteiger charge is -2.15. The fraction of sp³-hybridized carbons (Fsp3) is 0.357. The van der Waals surface area contributed by atoms with Gasteiger partial charge in [0, 0.05) is 24.2 Å². The highest BCUT2D eigenvalue weighted by Crippen LogP contribution is 2.19. The van der Waals surface area contributed by atoms with Gasteiger partial charge in [0.1, 0.15) is 12.1 Å². The molecule has 0 aliphatic carbocycles. The lowest BCUT2D eigenvalue weighted by Crippen LogP contribution is -2.09. The largest absolute Gasteiger partial charge is 0.363 e. The predicted octanol–water partition coefficient (Wildman–Crippen LogP) is 3.17. The third-order valence-corrected chi connectivity index (χ3v) is 2.83. The molecule has 4 heteroatoms. The molecule has 1 atom stereocenters. The van der Waals surface area contributed by atoms with Gasteiger partial charge in [0.05, 0.1) is 6.04 Å². The van der Waals surface area contributed by atoms with E-state index >= 15 is 0 Å². The van der Waals surface area contributed by atoms with Gasteiger partial charge in [-0.2, -0.15) is 0 Å². The molecule has 0 radical (unpaired) electrons. The number of hydrogen-bond acceptors (Lipinski definition) is 4. The van der Waals surface area contributed by atoms with Crippen LogP contribution < -0.4 is 5.32 Å². The van der Waals surface area contributed by atoms with Gasteiger partial charge in [0.2, 0.25) is 0 Å². The molecule has 18 heavy (non-hydrogen) atoms. The number of rotatable bonds is 4. The Kier molecular flexibility index (Phi) is 3.87. The minimum Gasteiger partial charge on any atom is -0.363 e. The van der Waals surface area contributed by atoms with E-state index in [4.69, 9.17) is 0 Å². The Morgan fingerprint density at radius 1 is 1.17 bits per heavy atom. The van der Waals surface area contributed by atoms with Crippen LogP contribution in [-0.4, -0.2) is 15.0 Å². The molecule has 0 aliphatic rings. The smallest absolute Gasteiger partial charge is 0.130 e. The monoisotopic (exact) mass is 242 g/mol. The number of hydrogen-bond donors (Lipinski definition) is 1. The van der Waals surface area contributed by atoms with Crippen molar-refractivity contribution in [2.24, 2.45) is 0 Å². The Morgan fingerprint density at radius 2 is 2.00 bits per heavy atom. The highest BCUT2D eigenvalue weighted by molar-refractivity contribution is 5.38. The first-order chi connectivity index (χ1) is 8.66. The molecular formula is C14H18N4. The summed E-state index contributed by atoms with van der Waals surface area (Å²) in [4.78, 5) is 12.6. The highest BCUT2D eigenvalue weighted by atomic mass is 15.0. The van der Waals surface area contributed by atoms with Gasteiger partial charge in [0.25, 0.3) is 0 Å². The van der Waals surface area contributed by atoms with E-state index in [0.717, 1.165) is 17.1 Å². The van der Waals surface area contributed by atoms with E-state index in [1.807, 2.05) is 18.3 Å². The van der Waals surface area contributed by atoms with E-state index in [1.165, 1.54) is 0 Å². The standard InChI is InChI=1S/C14H18N4/c1-10(2)13-7-14(17-9-16-13)18-11(3)12-5-4-6-15-8-12/h4-11H,1-3H3,(H,16,17,18). The zero-order valence-electron chi connectivity index (χ0n) is 11.0. The predicted molar refractivity (Wildman–Crippen MR) is 72.4 cm³/mol. The van der Waals surface area contributed by atoms with Crippen molar-refractivity contribution in [3.8, 4) is 0 Å². The molecule has 94 valence electrons. The van der Waals surface area contributed by atoms with Crippen LogP contribution >= 0.6 is 0 Å². The van der Waals surface area contributed by atoms with Gasteiger partial charge in [0.15, 0.2) is 0 Å². The van der Waals surface area contributed by atoms with Crippen molar-refractivity contribution in [1.29, 1.82) is 0 Å². The van der Waals surface area contributed by atoms with Crippen molar-refractivity contribution in [2.75, 3.05) is 5.32 Å². The van der Waals surface area contributed by atoms with Gasteiger partial charge in [-0.15, -0.1) is 0 Å². The van der Waals surface area contributed by atoms with Gasteiger partial charge in [-0.25, -0.2) is 9.97 Å². The van der Waals surface area contributed by atoms with Crippen LogP contribution in [0.1, 0.15) is 44.0 Å². The fourth-order valence-electron chi connectivity index (χ4n) is 1.70. The van der Waals surface area contributed by atoms with Crippen molar-refractivity contribution in [3.63, 3.8) is 0 Å². The van der Waals surface area contributed by atoms with Crippen molar-refractivity contribution < 1.29 is 0 Å². The average molecular weight is 242 g/mol. The number of anilines is 1. The van der Waals surface area contributed by atoms with Crippen LogP contribution in [0, 0.1) is 0 Å². The van der Waals surface area contributed by atoms with E-state index in [-0.39, 0.29) is 6.04 Å². The zero-order valence-corrected chi connectivity index (χ0v) is 11.0. The van der Waals surface area contributed by atoms with Crippen LogP contribution in [-0.2, 0) is 0 Å². The molecule has 0 saturated heterocycles. The van der Waals surface area contributed by atoms with E-state index in [0.29, 0.717) is 5.92 Å². The second kappa shape index (κ2) is 5.58. The number of pyridine rings is 1. The summed E-state index contributed by atoms with van der Waals surface area (Å²) in [5.74, 6) is 1.26. The van der Waals surface area contributed by atoms with Crippen LogP contribution in [0.15, 0.2) is 36.9 Å². The second-order valence-corrected chi connectivity index (χ2v) is 4.64. The molecule has 2 aromatic rings. The summed E-state index contributed by atoms with van der Waals surface area (Å²) in [6.45, 7) is 6.33. The SMILES string of the molecule is CC(C)c1cc(NC(C)c2cccnc2)ncn1. The van der Waals surface area contributed by atoms with Gasteiger partial charge >= 0.3 is 0 Å². The third kappa shape index (κ3) is 3.03. The van der Waals surface area contributed by atoms with Gasteiger partial charge in [-0.3, -0.25) is 4.98 Å². The van der Waals surface area contributed by atoms with Crippen molar-refractivity contribution >= 4 is 5.82 Å². The Hall–Kier alpha value is -1.97. The Morgan fingerprint density at radius 3 is 2.67 bits per heavy atom. The maximum atomic E-state index is 4.26. The maximum Gasteiger partial charge on any atom is 0.130 e. The molecule has 2 aromatic heterocycles. The molecule has 4 nitrogen and oxygen atoms in total. The highest BCUT2D eigenvalue weighted by Gasteiger charge is 2.07. The molecule has 0 aromatic carbocycles. The molecular weight excluding hydrogens is 224 g/mol. The molecule has 1 unspecified atom stereocenters. The minimum absolute atomic E-state index is 0.175. The summed E-state index contributed by atoms with van der Waals surface area (Å²) >= 11 is 0. The quantitative estimate of drug-likeness (QED) is 0.894. The van der Waals surface area contributed by atoms with E-state index < -0.39 is 0 Å². The first-order valence-corrected chi connectivity index (χ1v) is 6.15. The summed E-state index contributed by atoms with van der Waals surface area (Å²) < 4.78 is 0. The van der Waals surface area contributed by atoms with Gasteiger partial charge in [-0.05, 0) is 24.5 Å². The normalized spacial score (nSPS) is 12.4. The molecule has 0 spiro atoms. The molecule has 0 amide bonds. The van der Waals surface area contributed by atoms with Crippen LogP contribution in [0.3, 0.4) is 0 Å². The maximum absolute atomic E-state index is 4.26. The molecule has 1 N–H and O–H groups in total. The van der Waals surface area contributed by atoms with E-state index in [2.05, 4.69) is 47.1 Å². The molecule has 2 heterocycles. The first kappa shape index (κ1) is 12.5. The van der Waals surface area contributed by atoms with Crippen molar-refractivity contribution in [3.05, 3.63) is 48.2 Å². The molecule has 0 saturated carbocycles. The van der Waals surface area contributed by atoms with E-state index in [9.17, 15) is 0 Å². The van der Waals surface area contributed by atoms with E-state index in [1.54, 1.807) is 12.5 Å². The Labute approximate surface area is 108 Å². The summed E-state index contributed by atoms with van der Waals surface area (Å²) in [5.41, 5.74) is 2.19. The lowest BCUT2D eigenvalue weighted by molar-refractivity contribution is 0.806. The first-order valence-electron chi connectivity index (χ1n) is 6.15. The van der Waals surface area contributed by atoms with Crippen LogP contribution in [0.4, 0.5) is 5.82 Å². The minimum atomic E-state index is 0.175. The van der Waals surface area contributed by atoms with Crippen LogP contribution in [0.25, 0.3) is 0 Å². The fourth-order valence-corrected chi connectivity index (χ4v) is 1.70. The van der Waals surface area contributed by atoms with Crippen molar-refractivity contribution in [1.82, 2.24) is 15.0 Å². The molecule has 2 rings (SSSR count). The second-order valence-electron chi connectivity index (χ2n) is 4.64. The Balaban J connectivity index is 2.12. The molecule has 0 aliphatic heterocycles. The number of aromatic nitrogens is 3. The topological polar surface area (TPSA) is 50.7 Å². The Bertz CT molecular complexity index is 496. The summed E-state index contributed by atoms with van der Waals surface area (Å²) in [6, 6.07) is 6.16. The van der Waals surface area contributed by atoms with Crippen LogP contribution in [0.2, 0.25) is 0 Å². The zero-order chi connectivity index (χ0) is 13.0. The number of nitrogens with zero attached hydrogens (tertiary/aromatic N) is 3. The van der Waals surface area contributed by atoms with Gasteiger partial charge in [-0.1, -0.05) is 19.9 Å². The summed E-state index contributed by atoms with van der Waals surface area (Å²) in [6.07, 6.45) is 5.24. The van der Waals surface area contributed by atoms with Crippen molar-refractivity contribution in [2.45, 2.75) is 32.7 Å². The average Bonchev–Trinajstić information content (AvgIpc) is 2.40. The third-order valence-electron chi connectivity index (χ3n) is 2.83. The summed E-state index contributed by atoms with van der Waals surface area (Å²) in [5, 5.41) is 3.36. The summed E-state index contributed by atoms with van der Waals surface area (Å²) in [7, 11) is 0. The molecule has 0 bridgehead atoms. The van der Waals surface area contributed by atoms with Gasteiger partial charge < -0.3 is 5.32 Å². The lowest BCUT2D eigenvalue weighted by atomic mass is 10.1. The molecule has 0 fully saturated rings. The number of nitrogens with one attached hydrogen (secondary N) is 1. The van der Waals surface area contributed by atoms with Crippen LogP contribution in [0.5, 0.6) is 0 Å².